The van der Waals surface area contributed by atoms with Gasteiger partial charge in [-0.25, -0.2) is 0 Å². The third kappa shape index (κ3) is 5.97. The van der Waals surface area contributed by atoms with Crippen LogP contribution in [0, 0.1) is 0 Å². The molecule has 0 saturated carbocycles. The van der Waals surface area contributed by atoms with Gasteiger partial charge in [-0.3, -0.25) is 4.98 Å². The zero-order valence-corrected chi connectivity index (χ0v) is 18.1. The number of pyridine rings is 1. The average molecular weight is 388 g/mol. The Morgan fingerprint density at radius 1 is 1.00 bits per heavy atom. The van der Waals surface area contributed by atoms with Crippen LogP contribution in [0.3, 0.4) is 0 Å². The summed E-state index contributed by atoms with van der Waals surface area (Å²) in [6, 6.07) is 8.70. The number of ether oxygens (including phenoxy) is 1. The monoisotopic (exact) mass is 387 g/mol. The Morgan fingerprint density at radius 3 is 2.30 bits per heavy atom. The van der Waals surface area contributed by atoms with Crippen LogP contribution >= 0.6 is 11.6 Å². The van der Waals surface area contributed by atoms with Gasteiger partial charge in [-0.15, -0.1) is 11.6 Å². The molecule has 0 bridgehead atoms. The molecule has 0 saturated heterocycles. The Balaban J connectivity index is 2.27. The van der Waals surface area contributed by atoms with E-state index in [0.717, 1.165) is 56.4 Å². The molecule has 2 nitrogen and oxygen atoms in total. The summed E-state index contributed by atoms with van der Waals surface area (Å²) in [6.07, 6.45) is 9.33. The van der Waals surface area contributed by atoms with Crippen LogP contribution in [0.1, 0.15) is 70.1 Å². The van der Waals surface area contributed by atoms with Gasteiger partial charge in [0, 0.05) is 28.8 Å². The lowest BCUT2D eigenvalue weighted by atomic mass is 9.94. The van der Waals surface area contributed by atoms with E-state index in [9.17, 15) is 0 Å². The Bertz CT molecular complexity index is 691. The molecule has 1 unspecified atom stereocenters. The van der Waals surface area contributed by atoms with Crippen molar-refractivity contribution in [1.82, 2.24) is 4.98 Å². The number of rotatable bonds is 11. The molecule has 0 N–H and O–H groups in total. The van der Waals surface area contributed by atoms with Gasteiger partial charge in [0.1, 0.15) is 5.75 Å². The predicted octanol–water partition coefficient (Wildman–Crippen LogP) is 7.00. The summed E-state index contributed by atoms with van der Waals surface area (Å²) < 4.78 is 5.98. The Kier molecular flexibility index (Phi) is 9.14. The quantitative estimate of drug-likeness (QED) is 0.387. The molecule has 148 valence electrons. The van der Waals surface area contributed by atoms with Crippen LogP contribution in [0.25, 0.3) is 11.3 Å². The van der Waals surface area contributed by atoms with Crippen LogP contribution in [0.5, 0.6) is 5.75 Å². The molecule has 3 heteroatoms. The van der Waals surface area contributed by atoms with Crippen molar-refractivity contribution in [2.24, 2.45) is 0 Å². The van der Waals surface area contributed by atoms with Gasteiger partial charge < -0.3 is 4.74 Å². The highest BCUT2D eigenvalue weighted by atomic mass is 35.5. The number of hydrogen-bond donors (Lipinski definition) is 0. The summed E-state index contributed by atoms with van der Waals surface area (Å²) in [7, 11) is 0. The van der Waals surface area contributed by atoms with Gasteiger partial charge in [-0.05, 0) is 56.6 Å². The van der Waals surface area contributed by atoms with E-state index >= 15 is 0 Å². The summed E-state index contributed by atoms with van der Waals surface area (Å²) >= 11 is 6.37. The highest BCUT2D eigenvalue weighted by Crippen LogP contribution is 2.32. The number of aromatic nitrogens is 1. The van der Waals surface area contributed by atoms with Crippen molar-refractivity contribution in [2.45, 2.75) is 78.0 Å². The first kappa shape index (κ1) is 21.8. The van der Waals surface area contributed by atoms with Crippen molar-refractivity contribution in [3.8, 4) is 17.0 Å². The number of benzene rings is 1. The molecule has 2 rings (SSSR count). The molecule has 0 radical (unpaired) electrons. The summed E-state index contributed by atoms with van der Waals surface area (Å²) in [5.41, 5.74) is 6.19. The van der Waals surface area contributed by atoms with E-state index in [1.54, 1.807) is 0 Å². The van der Waals surface area contributed by atoms with Crippen LogP contribution in [-0.4, -0.2) is 17.0 Å². The molecule has 27 heavy (non-hydrogen) atoms. The van der Waals surface area contributed by atoms with Gasteiger partial charge in [0.25, 0.3) is 0 Å². The highest BCUT2D eigenvalue weighted by Gasteiger charge is 2.14. The fourth-order valence-electron chi connectivity index (χ4n) is 3.62. The molecule has 1 atom stereocenters. The lowest BCUT2D eigenvalue weighted by Gasteiger charge is -2.16. The lowest BCUT2D eigenvalue weighted by Crippen LogP contribution is -2.03. The summed E-state index contributed by atoms with van der Waals surface area (Å²) in [5, 5.41) is 0.279. The van der Waals surface area contributed by atoms with Crippen molar-refractivity contribution in [1.29, 1.82) is 0 Å². The van der Waals surface area contributed by atoms with Crippen LogP contribution in [0.4, 0.5) is 0 Å². The van der Waals surface area contributed by atoms with Crippen molar-refractivity contribution in [3.63, 3.8) is 0 Å². The maximum Gasteiger partial charge on any atom is 0.126 e. The van der Waals surface area contributed by atoms with E-state index < -0.39 is 0 Å². The van der Waals surface area contributed by atoms with E-state index in [1.165, 1.54) is 22.3 Å². The maximum absolute atomic E-state index is 6.37. The standard InChI is InChI=1S/C24H34ClNO/c1-5-11-21(25)15-10-14-20-17-26-22(16-23(20)27-8-4)24-18(6-2)12-9-13-19(24)7-3/h9,12-13,16-17,21H,5-8,10-11,14-15H2,1-4H3. The molecule has 0 fully saturated rings. The first-order valence-electron chi connectivity index (χ1n) is 10.5. The van der Waals surface area contributed by atoms with Gasteiger partial charge in [0.05, 0.1) is 12.3 Å². The lowest BCUT2D eigenvalue weighted by molar-refractivity contribution is 0.336. The van der Waals surface area contributed by atoms with Crippen molar-refractivity contribution < 1.29 is 4.74 Å². The second-order valence-corrected chi connectivity index (χ2v) is 7.66. The Hall–Kier alpha value is -1.54. The number of halogens is 1. The zero-order chi connectivity index (χ0) is 19.6. The number of alkyl halides is 1. The third-order valence-electron chi connectivity index (χ3n) is 5.06. The molecule has 0 aliphatic heterocycles. The summed E-state index contributed by atoms with van der Waals surface area (Å²) in [4.78, 5) is 4.83. The van der Waals surface area contributed by atoms with Crippen LogP contribution < -0.4 is 4.74 Å². The molecule has 0 amide bonds. The van der Waals surface area contributed by atoms with E-state index in [1.807, 2.05) is 13.1 Å². The fraction of sp³-hybridized carbons (Fsp3) is 0.542. The number of nitrogens with zero attached hydrogens (tertiary/aromatic N) is 1. The molecule has 0 spiro atoms. The molecule has 2 aromatic rings. The maximum atomic E-state index is 6.37. The normalized spacial score (nSPS) is 12.2. The fourth-order valence-corrected chi connectivity index (χ4v) is 4.00. The number of aryl methyl sites for hydroxylation is 3. The summed E-state index contributed by atoms with van der Waals surface area (Å²) in [6.45, 7) is 9.30. The third-order valence-corrected chi connectivity index (χ3v) is 5.50. The average Bonchev–Trinajstić information content (AvgIpc) is 2.68. The molecular weight excluding hydrogens is 354 g/mol. The van der Waals surface area contributed by atoms with Crippen molar-refractivity contribution in [2.75, 3.05) is 6.61 Å². The minimum Gasteiger partial charge on any atom is -0.493 e. The predicted molar refractivity (Wildman–Crippen MR) is 117 cm³/mol. The largest absolute Gasteiger partial charge is 0.493 e. The molecule has 1 aromatic heterocycles. The van der Waals surface area contributed by atoms with E-state index in [2.05, 4.69) is 45.0 Å². The van der Waals surface area contributed by atoms with E-state index in [0.29, 0.717) is 6.61 Å². The van der Waals surface area contributed by atoms with Crippen LogP contribution in [0.15, 0.2) is 30.5 Å². The van der Waals surface area contributed by atoms with Gasteiger partial charge >= 0.3 is 0 Å². The SMILES string of the molecule is CCCC(Cl)CCCc1cnc(-c2c(CC)cccc2CC)cc1OCC. The Labute approximate surface area is 170 Å². The highest BCUT2D eigenvalue weighted by molar-refractivity contribution is 6.20. The van der Waals surface area contributed by atoms with Crippen molar-refractivity contribution >= 4 is 11.6 Å². The topological polar surface area (TPSA) is 22.1 Å². The first-order chi connectivity index (χ1) is 13.1. The molecule has 0 aliphatic carbocycles. The molecular formula is C24H34ClNO. The minimum absolute atomic E-state index is 0.279. The van der Waals surface area contributed by atoms with Gasteiger partial charge in [0.15, 0.2) is 0 Å². The van der Waals surface area contributed by atoms with E-state index in [-0.39, 0.29) is 5.38 Å². The molecule has 1 aromatic carbocycles. The van der Waals surface area contributed by atoms with E-state index in [4.69, 9.17) is 21.3 Å². The number of hydrogen-bond acceptors (Lipinski definition) is 2. The second kappa shape index (κ2) is 11.3. The smallest absolute Gasteiger partial charge is 0.126 e. The minimum atomic E-state index is 0.279. The van der Waals surface area contributed by atoms with Crippen LogP contribution in [0.2, 0.25) is 0 Å². The van der Waals surface area contributed by atoms with Crippen molar-refractivity contribution in [3.05, 3.63) is 47.2 Å². The Morgan fingerprint density at radius 2 is 1.70 bits per heavy atom. The van der Waals surface area contributed by atoms with Gasteiger partial charge in [-0.1, -0.05) is 45.4 Å². The zero-order valence-electron chi connectivity index (χ0n) is 17.4. The molecule has 0 aliphatic rings. The summed E-state index contributed by atoms with van der Waals surface area (Å²) in [5.74, 6) is 0.970. The van der Waals surface area contributed by atoms with Gasteiger partial charge in [0.2, 0.25) is 0 Å². The van der Waals surface area contributed by atoms with Crippen LogP contribution in [-0.2, 0) is 19.3 Å². The second-order valence-electron chi connectivity index (χ2n) is 7.05. The molecule has 1 heterocycles. The van der Waals surface area contributed by atoms with Gasteiger partial charge in [-0.2, -0.15) is 0 Å². The first-order valence-corrected chi connectivity index (χ1v) is 10.9.